The molecule has 2 N–H and O–H groups in total. The van der Waals surface area contributed by atoms with Crippen LogP contribution >= 0.6 is 0 Å². The van der Waals surface area contributed by atoms with E-state index in [9.17, 15) is 0 Å². The Morgan fingerprint density at radius 3 is 1.00 bits per heavy atom. The first-order chi connectivity index (χ1) is 4.56. The lowest BCUT2D eigenvalue weighted by Gasteiger charge is -1.79. The van der Waals surface area contributed by atoms with Gasteiger partial charge in [0.25, 0.3) is 0 Å². The standard InChI is InChI=1S/C4H10.2CHNO/c1-4(2)3;2*2-1-3/h4H,1-3H3;2*2H. The molecule has 0 aliphatic heterocycles. The number of rotatable bonds is 0. The van der Waals surface area contributed by atoms with Crippen LogP contribution in [0.5, 0.6) is 0 Å². The monoisotopic (exact) mass is 144 g/mol. The third kappa shape index (κ3) is 146. The molecule has 0 aromatic heterocycles. The van der Waals surface area contributed by atoms with Crippen molar-refractivity contribution in [1.29, 1.82) is 10.8 Å². The molecule has 0 spiro atoms. The maximum absolute atomic E-state index is 8.35. The Morgan fingerprint density at radius 2 is 1.00 bits per heavy atom. The maximum atomic E-state index is 8.35. The van der Waals surface area contributed by atoms with Gasteiger partial charge >= 0.3 is 0 Å². The van der Waals surface area contributed by atoms with E-state index in [0.717, 1.165) is 18.1 Å². The molecule has 0 bridgehead atoms. The second-order valence-corrected chi connectivity index (χ2v) is 1.94. The van der Waals surface area contributed by atoms with E-state index in [2.05, 4.69) is 20.8 Å². The highest BCUT2D eigenvalue weighted by Crippen LogP contribution is 1.81. The summed E-state index contributed by atoms with van der Waals surface area (Å²) in [5, 5.41) is 10.8. The minimum absolute atomic E-state index is 0.750. The van der Waals surface area contributed by atoms with Crippen LogP contribution in [0.4, 0.5) is 0 Å². The van der Waals surface area contributed by atoms with E-state index in [1.54, 1.807) is 0 Å². The second-order valence-electron chi connectivity index (χ2n) is 1.94. The third-order valence-corrected chi connectivity index (χ3v) is 0. The van der Waals surface area contributed by atoms with Gasteiger partial charge in [-0.25, -0.2) is 20.4 Å². The zero-order valence-corrected chi connectivity index (χ0v) is 6.39. The quantitative estimate of drug-likeness (QED) is 0.398. The van der Waals surface area contributed by atoms with Crippen molar-refractivity contribution in [3.8, 4) is 0 Å². The summed E-state index contributed by atoms with van der Waals surface area (Å²) in [5.74, 6) is 0.833. The molecule has 0 aromatic rings. The Bertz CT molecular complexity index is 94.2. The van der Waals surface area contributed by atoms with E-state index in [1.165, 1.54) is 0 Å². The zero-order chi connectivity index (χ0) is 8.99. The van der Waals surface area contributed by atoms with Gasteiger partial charge in [-0.3, -0.25) is 0 Å². The normalized spacial score (nSPS) is 5.20. The fourth-order valence-corrected chi connectivity index (χ4v) is 0. The molecule has 0 saturated heterocycles. The fraction of sp³-hybridized carbons (Fsp3) is 0.667. The second kappa shape index (κ2) is 25.1. The van der Waals surface area contributed by atoms with Crippen LogP contribution in [0.2, 0.25) is 0 Å². The molecular formula is C6H12N2O2. The molecule has 0 aromatic carbocycles. The fourth-order valence-electron chi connectivity index (χ4n) is 0. The number of carbonyl (C=O) groups excluding carboxylic acids is 2. The highest BCUT2D eigenvalue weighted by Gasteiger charge is 1.68. The van der Waals surface area contributed by atoms with Gasteiger partial charge in [-0.05, 0) is 5.92 Å². The predicted octanol–water partition coefficient (Wildman–Crippen LogP) is 1.46. The van der Waals surface area contributed by atoms with Crippen molar-refractivity contribution in [3.63, 3.8) is 0 Å². The Morgan fingerprint density at radius 1 is 1.00 bits per heavy atom. The van der Waals surface area contributed by atoms with Crippen molar-refractivity contribution < 1.29 is 9.59 Å². The Labute approximate surface area is 60.3 Å². The van der Waals surface area contributed by atoms with Crippen LogP contribution in [0.1, 0.15) is 20.8 Å². The van der Waals surface area contributed by atoms with E-state index in [0.29, 0.717) is 0 Å². The van der Waals surface area contributed by atoms with Gasteiger partial charge in [-0.1, -0.05) is 20.8 Å². The van der Waals surface area contributed by atoms with Crippen molar-refractivity contribution in [1.82, 2.24) is 0 Å². The zero-order valence-electron chi connectivity index (χ0n) is 6.39. The highest BCUT2D eigenvalue weighted by molar-refractivity contribution is 5.26. The summed E-state index contributed by atoms with van der Waals surface area (Å²) < 4.78 is 0. The van der Waals surface area contributed by atoms with Crippen LogP contribution in [0.25, 0.3) is 0 Å². The number of hydrogen-bond acceptors (Lipinski definition) is 4. The van der Waals surface area contributed by atoms with Gasteiger partial charge in [0.1, 0.15) is 0 Å². The molecule has 0 aliphatic carbocycles. The van der Waals surface area contributed by atoms with E-state index >= 15 is 0 Å². The summed E-state index contributed by atoms with van der Waals surface area (Å²) in [6.07, 6.45) is 1.50. The van der Waals surface area contributed by atoms with Gasteiger partial charge in [-0.15, -0.1) is 0 Å². The third-order valence-electron chi connectivity index (χ3n) is 0. The van der Waals surface area contributed by atoms with Crippen molar-refractivity contribution in [3.05, 3.63) is 0 Å². The van der Waals surface area contributed by atoms with Gasteiger partial charge in [0.15, 0.2) is 0 Å². The van der Waals surface area contributed by atoms with Gasteiger partial charge in [0.05, 0.1) is 0 Å². The van der Waals surface area contributed by atoms with Crippen molar-refractivity contribution in [2.45, 2.75) is 20.8 Å². The molecule has 10 heavy (non-hydrogen) atoms. The van der Waals surface area contributed by atoms with E-state index in [1.807, 2.05) is 0 Å². The van der Waals surface area contributed by atoms with Crippen molar-refractivity contribution in [2.24, 2.45) is 5.92 Å². The summed E-state index contributed by atoms with van der Waals surface area (Å²) in [4.78, 5) is 16.7. The van der Waals surface area contributed by atoms with Crippen LogP contribution in [0, 0.1) is 16.7 Å². The highest BCUT2D eigenvalue weighted by atomic mass is 16.1. The molecule has 0 unspecified atom stereocenters. The largest absolute Gasteiger partial charge is 0.231 e. The first-order valence-electron chi connectivity index (χ1n) is 2.64. The summed E-state index contributed by atoms with van der Waals surface area (Å²) >= 11 is 0. The lowest BCUT2D eigenvalue weighted by molar-refractivity contribution is 0.562. The number of hydrogen-bond donors (Lipinski definition) is 2. The molecule has 0 rings (SSSR count). The molecule has 58 valence electrons. The van der Waals surface area contributed by atoms with Crippen LogP contribution in [0.3, 0.4) is 0 Å². The van der Waals surface area contributed by atoms with Crippen molar-refractivity contribution >= 4 is 12.2 Å². The molecular weight excluding hydrogens is 132 g/mol. The van der Waals surface area contributed by atoms with Crippen LogP contribution in [-0.2, 0) is 9.59 Å². The molecule has 0 heterocycles. The average molecular weight is 144 g/mol. The van der Waals surface area contributed by atoms with Crippen LogP contribution < -0.4 is 0 Å². The minimum atomic E-state index is 0.750. The smallest absolute Gasteiger partial charge is 0.222 e. The Balaban J connectivity index is -0.0000000750. The van der Waals surface area contributed by atoms with Gasteiger partial charge in [-0.2, -0.15) is 0 Å². The van der Waals surface area contributed by atoms with Gasteiger partial charge in [0, 0.05) is 0 Å². The molecule has 0 amide bonds. The van der Waals surface area contributed by atoms with Crippen LogP contribution in [0.15, 0.2) is 0 Å². The lowest BCUT2D eigenvalue weighted by Crippen LogP contribution is -1.66. The molecule has 4 heteroatoms. The molecule has 4 nitrogen and oxygen atoms in total. The summed E-state index contributed by atoms with van der Waals surface area (Å²) in [6, 6.07) is 0. The predicted molar refractivity (Wildman–Crippen MR) is 37.3 cm³/mol. The molecule has 0 atom stereocenters. The molecule has 0 aliphatic rings. The first kappa shape index (κ1) is 15.9. The summed E-state index contributed by atoms with van der Waals surface area (Å²) in [7, 11) is 0. The van der Waals surface area contributed by atoms with Crippen LogP contribution in [-0.4, -0.2) is 12.2 Å². The van der Waals surface area contributed by atoms with E-state index < -0.39 is 0 Å². The topological polar surface area (TPSA) is 81.8 Å². The Hall–Kier alpha value is -1.24. The van der Waals surface area contributed by atoms with Crippen molar-refractivity contribution in [2.75, 3.05) is 0 Å². The number of isocyanates is 2. The van der Waals surface area contributed by atoms with Gasteiger partial charge in [0.2, 0.25) is 12.2 Å². The maximum Gasteiger partial charge on any atom is 0.231 e. The first-order valence-corrected chi connectivity index (χ1v) is 2.64. The van der Waals surface area contributed by atoms with E-state index in [4.69, 9.17) is 20.4 Å². The SMILES string of the molecule is CC(C)C.N=C=O.N=C=O. The minimum Gasteiger partial charge on any atom is -0.222 e. The Kier molecular flexibility index (Phi) is 39.9. The summed E-state index contributed by atoms with van der Waals surface area (Å²) in [6.45, 7) is 6.50. The molecule has 0 saturated carbocycles. The van der Waals surface area contributed by atoms with Gasteiger partial charge < -0.3 is 0 Å². The molecule has 0 fully saturated rings. The summed E-state index contributed by atoms with van der Waals surface area (Å²) in [5.41, 5.74) is 0. The lowest BCUT2D eigenvalue weighted by atomic mass is 10.3. The average Bonchev–Trinajstić information content (AvgIpc) is 1.65. The molecule has 0 radical (unpaired) electrons. The number of nitrogens with one attached hydrogen (secondary N) is 2. The van der Waals surface area contributed by atoms with E-state index in [-0.39, 0.29) is 0 Å².